The number of amides is 1. The van der Waals surface area contributed by atoms with Crippen molar-refractivity contribution in [3.63, 3.8) is 0 Å². The van der Waals surface area contributed by atoms with E-state index in [4.69, 9.17) is 9.15 Å². The Balaban J connectivity index is 2.06. The predicted octanol–water partition coefficient (Wildman–Crippen LogP) is 3.75. The quantitative estimate of drug-likeness (QED) is 0.482. The van der Waals surface area contributed by atoms with Crippen molar-refractivity contribution in [1.82, 2.24) is 4.57 Å². The molecule has 26 heavy (non-hydrogen) atoms. The SMILES string of the molecule is CCCn1c(=NC(=O)c2ccc([N+](=O)[O-])o2)sc2cc(OCC)ccc21. The smallest absolute Gasteiger partial charge is 0.433 e. The molecule has 0 unspecified atom stereocenters. The van der Waals surface area contributed by atoms with Crippen molar-refractivity contribution in [1.29, 1.82) is 0 Å². The molecule has 136 valence electrons. The molecule has 0 aliphatic heterocycles. The molecule has 8 nitrogen and oxygen atoms in total. The van der Waals surface area contributed by atoms with Crippen LogP contribution in [0.5, 0.6) is 5.75 Å². The summed E-state index contributed by atoms with van der Waals surface area (Å²) in [5, 5.41) is 10.7. The van der Waals surface area contributed by atoms with Crippen molar-refractivity contribution in [2.24, 2.45) is 4.99 Å². The standard InChI is InChI=1S/C17H17N3O5S/c1-3-9-19-12-6-5-11(24-4-2)10-14(12)26-17(19)18-16(21)13-7-8-15(25-13)20(22)23/h5-8,10H,3-4,9H2,1-2H3. The Hall–Kier alpha value is -2.94. The second kappa shape index (κ2) is 7.52. The summed E-state index contributed by atoms with van der Waals surface area (Å²) in [4.78, 5) is 27.0. The molecule has 0 saturated carbocycles. The number of thiazole rings is 1. The van der Waals surface area contributed by atoms with Gasteiger partial charge in [-0.1, -0.05) is 18.3 Å². The van der Waals surface area contributed by atoms with Gasteiger partial charge in [-0.2, -0.15) is 4.99 Å². The zero-order valence-electron chi connectivity index (χ0n) is 14.3. The molecule has 0 N–H and O–H groups in total. The lowest BCUT2D eigenvalue weighted by atomic mass is 10.3. The van der Waals surface area contributed by atoms with Crippen LogP contribution in [0.2, 0.25) is 0 Å². The highest BCUT2D eigenvalue weighted by Crippen LogP contribution is 2.24. The number of ether oxygens (including phenoxy) is 1. The van der Waals surface area contributed by atoms with Gasteiger partial charge in [-0.05, 0) is 37.6 Å². The van der Waals surface area contributed by atoms with Crippen LogP contribution in [0.1, 0.15) is 30.8 Å². The number of furan rings is 1. The molecule has 0 radical (unpaired) electrons. The molecule has 0 atom stereocenters. The molecule has 0 saturated heterocycles. The normalized spacial score (nSPS) is 11.8. The van der Waals surface area contributed by atoms with Crippen LogP contribution in [0, 0.1) is 10.1 Å². The molecular formula is C17H17N3O5S. The van der Waals surface area contributed by atoms with Gasteiger partial charge in [0.2, 0.25) is 5.76 Å². The monoisotopic (exact) mass is 375 g/mol. The Labute approximate surface area is 152 Å². The fourth-order valence-electron chi connectivity index (χ4n) is 2.52. The molecule has 3 rings (SSSR count). The van der Waals surface area contributed by atoms with Crippen molar-refractivity contribution < 1.29 is 18.9 Å². The summed E-state index contributed by atoms with van der Waals surface area (Å²) in [7, 11) is 0. The molecule has 0 bridgehead atoms. The number of nitrogens with zero attached hydrogens (tertiary/aromatic N) is 3. The molecule has 2 heterocycles. The van der Waals surface area contributed by atoms with Crippen molar-refractivity contribution >= 4 is 33.3 Å². The average Bonchev–Trinajstić information content (AvgIpc) is 3.21. The zero-order chi connectivity index (χ0) is 18.7. The predicted molar refractivity (Wildman–Crippen MR) is 96.5 cm³/mol. The Morgan fingerprint density at radius 2 is 2.15 bits per heavy atom. The van der Waals surface area contributed by atoms with Gasteiger partial charge in [0, 0.05) is 6.54 Å². The largest absolute Gasteiger partial charge is 0.494 e. The average molecular weight is 375 g/mol. The van der Waals surface area contributed by atoms with E-state index in [0.717, 1.165) is 28.5 Å². The number of benzene rings is 1. The minimum absolute atomic E-state index is 0.160. The molecule has 1 amide bonds. The number of aryl methyl sites for hydroxylation is 1. The Morgan fingerprint density at radius 1 is 1.35 bits per heavy atom. The van der Waals surface area contributed by atoms with Crippen molar-refractivity contribution in [2.75, 3.05) is 6.61 Å². The summed E-state index contributed by atoms with van der Waals surface area (Å²) in [5.41, 5.74) is 0.956. The van der Waals surface area contributed by atoms with Crippen LogP contribution in [0.3, 0.4) is 0 Å². The van der Waals surface area contributed by atoms with Crippen LogP contribution in [0.15, 0.2) is 39.7 Å². The number of fused-ring (bicyclic) bond motifs is 1. The molecule has 3 aromatic rings. The maximum Gasteiger partial charge on any atom is 0.433 e. The topological polar surface area (TPSA) is 99.9 Å². The van der Waals surface area contributed by atoms with Gasteiger partial charge in [0.05, 0.1) is 22.9 Å². The van der Waals surface area contributed by atoms with Gasteiger partial charge in [-0.25, -0.2) is 0 Å². The van der Waals surface area contributed by atoms with Gasteiger partial charge in [0.25, 0.3) is 0 Å². The highest BCUT2D eigenvalue weighted by Gasteiger charge is 2.17. The van der Waals surface area contributed by atoms with E-state index in [1.807, 2.05) is 36.6 Å². The van der Waals surface area contributed by atoms with Crippen LogP contribution in [-0.4, -0.2) is 22.0 Å². The van der Waals surface area contributed by atoms with E-state index in [-0.39, 0.29) is 5.76 Å². The first-order valence-corrected chi connectivity index (χ1v) is 8.94. The highest BCUT2D eigenvalue weighted by molar-refractivity contribution is 7.16. The number of carbonyl (C=O) groups excluding carboxylic acids is 1. The number of rotatable bonds is 6. The van der Waals surface area contributed by atoms with Crippen LogP contribution in [0.4, 0.5) is 5.88 Å². The van der Waals surface area contributed by atoms with Gasteiger partial charge in [-0.3, -0.25) is 14.9 Å². The van der Waals surface area contributed by atoms with Crippen LogP contribution in [0.25, 0.3) is 10.2 Å². The summed E-state index contributed by atoms with van der Waals surface area (Å²) in [5.74, 6) is -0.543. The molecule has 1 aromatic carbocycles. The molecule has 0 spiro atoms. The fourth-order valence-corrected chi connectivity index (χ4v) is 3.60. The zero-order valence-corrected chi connectivity index (χ0v) is 15.1. The number of hydrogen-bond donors (Lipinski definition) is 0. The number of aromatic nitrogens is 1. The summed E-state index contributed by atoms with van der Waals surface area (Å²) in [6.45, 7) is 5.21. The molecule has 0 aliphatic carbocycles. The number of nitro groups is 1. The van der Waals surface area contributed by atoms with Crippen LogP contribution >= 0.6 is 11.3 Å². The first-order valence-electron chi connectivity index (χ1n) is 8.13. The fraction of sp³-hybridized carbons (Fsp3) is 0.294. The second-order valence-electron chi connectivity index (χ2n) is 5.41. The third-order valence-electron chi connectivity index (χ3n) is 3.59. The minimum Gasteiger partial charge on any atom is -0.494 e. The lowest BCUT2D eigenvalue weighted by Crippen LogP contribution is -2.16. The Kier molecular flexibility index (Phi) is 5.17. The third-order valence-corrected chi connectivity index (χ3v) is 4.63. The van der Waals surface area contributed by atoms with E-state index in [0.29, 0.717) is 18.0 Å². The molecule has 0 fully saturated rings. The van der Waals surface area contributed by atoms with Crippen molar-refractivity contribution in [3.05, 3.63) is 51.0 Å². The van der Waals surface area contributed by atoms with Crippen LogP contribution < -0.4 is 9.54 Å². The maximum absolute atomic E-state index is 12.3. The lowest BCUT2D eigenvalue weighted by Gasteiger charge is -2.04. The third kappa shape index (κ3) is 3.52. The van der Waals surface area contributed by atoms with E-state index < -0.39 is 16.7 Å². The summed E-state index contributed by atoms with van der Waals surface area (Å²) < 4.78 is 13.4. The highest BCUT2D eigenvalue weighted by atomic mass is 32.1. The first-order chi connectivity index (χ1) is 12.5. The lowest BCUT2D eigenvalue weighted by molar-refractivity contribution is -0.402. The molecular weight excluding hydrogens is 358 g/mol. The van der Waals surface area contributed by atoms with E-state index in [9.17, 15) is 14.9 Å². The number of carbonyl (C=O) groups is 1. The van der Waals surface area contributed by atoms with E-state index >= 15 is 0 Å². The second-order valence-corrected chi connectivity index (χ2v) is 6.42. The number of hydrogen-bond acceptors (Lipinski definition) is 6. The summed E-state index contributed by atoms with van der Waals surface area (Å²) in [6.07, 6.45) is 0.868. The maximum atomic E-state index is 12.3. The van der Waals surface area contributed by atoms with Crippen LogP contribution in [-0.2, 0) is 6.54 Å². The van der Waals surface area contributed by atoms with E-state index in [1.165, 1.54) is 17.4 Å². The van der Waals surface area contributed by atoms with Gasteiger partial charge in [0.15, 0.2) is 4.80 Å². The Morgan fingerprint density at radius 3 is 2.81 bits per heavy atom. The summed E-state index contributed by atoms with van der Waals surface area (Å²) in [6, 6.07) is 8.13. The van der Waals surface area contributed by atoms with Crippen molar-refractivity contribution in [3.8, 4) is 5.75 Å². The van der Waals surface area contributed by atoms with Gasteiger partial charge < -0.3 is 13.7 Å². The summed E-state index contributed by atoms with van der Waals surface area (Å²) >= 11 is 1.36. The van der Waals surface area contributed by atoms with Gasteiger partial charge >= 0.3 is 11.8 Å². The molecule has 9 heteroatoms. The van der Waals surface area contributed by atoms with Crippen molar-refractivity contribution in [2.45, 2.75) is 26.8 Å². The van der Waals surface area contributed by atoms with Gasteiger partial charge in [-0.15, -0.1) is 0 Å². The minimum atomic E-state index is -0.692. The van der Waals surface area contributed by atoms with E-state index in [1.54, 1.807) is 0 Å². The Bertz CT molecular complexity index is 1030. The van der Waals surface area contributed by atoms with E-state index in [2.05, 4.69) is 4.99 Å². The van der Waals surface area contributed by atoms with Gasteiger partial charge in [0.1, 0.15) is 10.7 Å². The molecule has 0 aliphatic rings. The first kappa shape index (κ1) is 17.9. The molecule has 2 aromatic heterocycles.